The Labute approximate surface area is 164 Å². The van der Waals surface area contributed by atoms with E-state index in [4.69, 9.17) is 17.3 Å². The molecule has 0 saturated carbocycles. The first-order chi connectivity index (χ1) is 13.5. The van der Waals surface area contributed by atoms with Gasteiger partial charge in [-0.2, -0.15) is 5.26 Å². The minimum atomic E-state index is -0.441. The van der Waals surface area contributed by atoms with Crippen molar-refractivity contribution in [3.05, 3.63) is 70.8 Å². The van der Waals surface area contributed by atoms with Gasteiger partial charge in [0.25, 0.3) is 5.91 Å². The van der Waals surface area contributed by atoms with Crippen LogP contribution >= 0.6 is 11.6 Å². The highest BCUT2D eigenvalue weighted by molar-refractivity contribution is 6.29. The Morgan fingerprint density at radius 1 is 1.32 bits per heavy atom. The number of carbonyl (C=O) groups is 1. The summed E-state index contributed by atoms with van der Waals surface area (Å²) in [5, 5.41) is 12.4. The molecule has 2 aromatic heterocycles. The minimum Gasteiger partial charge on any atom is -0.381 e. The number of imidazole rings is 1. The van der Waals surface area contributed by atoms with Gasteiger partial charge in [-0.25, -0.2) is 15.0 Å². The van der Waals surface area contributed by atoms with Gasteiger partial charge in [-0.05, 0) is 23.8 Å². The summed E-state index contributed by atoms with van der Waals surface area (Å²) >= 11 is 5.69. The van der Waals surface area contributed by atoms with Gasteiger partial charge in [0.15, 0.2) is 11.7 Å². The zero-order valence-electron chi connectivity index (χ0n) is 14.4. The molecule has 0 spiro atoms. The van der Waals surface area contributed by atoms with Crippen molar-refractivity contribution in [2.75, 3.05) is 5.32 Å². The predicted molar refractivity (Wildman–Crippen MR) is 102 cm³/mol. The van der Waals surface area contributed by atoms with Crippen molar-refractivity contribution >= 4 is 29.0 Å². The van der Waals surface area contributed by atoms with E-state index in [1.165, 1.54) is 12.4 Å². The second kappa shape index (κ2) is 7.09. The first-order valence-electron chi connectivity index (χ1n) is 8.23. The molecule has 138 valence electrons. The Kier molecular flexibility index (Phi) is 4.47. The van der Waals surface area contributed by atoms with E-state index in [1.807, 2.05) is 4.57 Å². The molecule has 0 fully saturated rings. The van der Waals surface area contributed by atoms with E-state index < -0.39 is 5.91 Å². The van der Waals surface area contributed by atoms with Crippen LogP contribution in [0.3, 0.4) is 0 Å². The van der Waals surface area contributed by atoms with Gasteiger partial charge in [0.1, 0.15) is 10.8 Å². The maximum atomic E-state index is 12.4. The fraction of sp³-hybridized carbons (Fsp3) is 0.111. The third-order valence-electron chi connectivity index (χ3n) is 4.25. The lowest BCUT2D eigenvalue weighted by Gasteiger charge is -2.22. The van der Waals surface area contributed by atoms with Crippen LogP contribution < -0.4 is 11.1 Å². The fourth-order valence-electron chi connectivity index (χ4n) is 2.95. The number of fused-ring (bicyclic) bond motifs is 1. The molecule has 1 amide bonds. The zero-order chi connectivity index (χ0) is 19.7. The number of nitrogens with one attached hydrogen (secondary N) is 1. The van der Waals surface area contributed by atoms with Gasteiger partial charge in [0.2, 0.25) is 0 Å². The minimum absolute atomic E-state index is 0.123. The second-order valence-electron chi connectivity index (χ2n) is 6.03. The van der Waals surface area contributed by atoms with E-state index in [0.717, 1.165) is 0 Å². The van der Waals surface area contributed by atoms with Crippen molar-refractivity contribution < 1.29 is 4.79 Å². The molecule has 3 N–H and O–H groups in total. The van der Waals surface area contributed by atoms with Crippen molar-refractivity contribution in [1.29, 1.82) is 5.26 Å². The number of aliphatic imine (C=N–C) groups is 1. The van der Waals surface area contributed by atoms with Crippen molar-refractivity contribution in [3.63, 3.8) is 0 Å². The molecule has 3 aromatic rings. The van der Waals surface area contributed by atoms with Crippen LogP contribution in [-0.4, -0.2) is 31.3 Å². The number of nitrogens with two attached hydrogens (primary N) is 1. The lowest BCUT2D eigenvalue weighted by Crippen LogP contribution is -2.27. The summed E-state index contributed by atoms with van der Waals surface area (Å²) in [6.45, 7) is 0.491. The lowest BCUT2D eigenvalue weighted by atomic mass is 9.99. The molecule has 3 heterocycles. The summed E-state index contributed by atoms with van der Waals surface area (Å²) in [6, 6.07) is 6.77. The van der Waals surface area contributed by atoms with Crippen LogP contribution in [-0.2, 0) is 6.54 Å². The number of carbonyl (C=O) groups excluding carboxylic acids is 1. The van der Waals surface area contributed by atoms with Gasteiger partial charge in [0.05, 0.1) is 36.6 Å². The standard InChI is InChI=1S/C18H13ClN8O/c19-15-8-23-13(7-24-15)18(28)25-11-2-1-10(6-20)12(5-11)14-9-27-4-3-22-17(27)16(21)26-14/h1-5,7-8,14H,9H2,(H2,21,26)(H,25,28). The first-order valence-corrected chi connectivity index (χ1v) is 8.60. The molecule has 28 heavy (non-hydrogen) atoms. The maximum absolute atomic E-state index is 12.4. The van der Waals surface area contributed by atoms with Gasteiger partial charge < -0.3 is 15.6 Å². The van der Waals surface area contributed by atoms with Crippen LogP contribution in [0.5, 0.6) is 0 Å². The normalized spacial score (nSPS) is 15.3. The molecule has 1 unspecified atom stereocenters. The molecule has 1 aliphatic rings. The smallest absolute Gasteiger partial charge is 0.275 e. The first kappa shape index (κ1) is 17.6. The molecule has 1 atom stereocenters. The molecular weight excluding hydrogens is 380 g/mol. The summed E-state index contributed by atoms with van der Waals surface area (Å²) < 4.78 is 1.88. The molecule has 0 aliphatic carbocycles. The summed E-state index contributed by atoms with van der Waals surface area (Å²) in [5.41, 5.74) is 7.74. The van der Waals surface area contributed by atoms with E-state index in [9.17, 15) is 10.1 Å². The van der Waals surface area contributed by atoms with Gasteiger partial charge >= 0.3 is 0 Å². The van der Waals surface area contributed by atoms with Crippen molar-refractivity contribution in [1.82, 2.24) is 19.5 Å². The highest BCUT2D eigenvalue weighted by Gasteiger charge is 2.24. The van der Waals surface area contributed by atoms with Crippen LogP contribution in [0, 0.1) is 11.3 Å². The Balaban J connectivity index is 1.64. The number of hydrogen-bond donors (Lipinski definition) is 2. The largest absolute Gasteiger partial charge is 0.381 e. The van der Waals surface area contributed by atoms with Crippen LogP contribution in [0.4, 0.5) is 5.69 Å². The number of anilines is 1. The third kappa shape index (κ3) is 3.28. The van der Waals surface area contributed by atoms with E-state index >= 15 is 0 Å². The Morgan fingerprint density at radius 2 is 2.18 bits per heavy atom. The van der Waals surface area contributed by atoms with E-state index in [2.05, 4.69) is 31.3 Å². The number of amidine groups is 1. The Morgan fingerprint density at radius 3 is 2.93 bits per heavy atom. The average molecular weight is 393 g/mol. The summed E-state index contributed by atoms with van der Waals surface area (Å²) in [5.74, 6) is 0.458. The monoisotopic (exact) mass is 392 g/mol. The number of aromatic nitrogens is 4. The number of halogens is 1. The van der Waals surface area contributed by atoms with Crippen LogP contribution in [0.15, 0.2) is 48.0 Å². The Bertz CT molecular complexity index is 1130. The summed E-state index contributed by atoms with van der Waals surface area (Å²) in [7, 11) is 0. The molecular formula is C18H13ClN8O. The second-order valence-corrected chi connectivity index (χ2v) is 6.41. The average Bonchev–Trinajstić information content (AvgIpc) is 3.17. The summed E-state index contributed by atoms with van der Waals surface area (Å²) in [6.07, 6.45) is 6.04. The molecule has 9 nitrogen and oxygen atoms in total. The van der Waals surface area contributed by atoms with E-state index in [-0.39, 0.29) is 16.9 Å². The van der Waals surface area contributed by atoms with Gasteiger partial charge in [-0.3, -0.25) is 9.79 Å². The van der Waals surface area contributed by atoms with Gasteiger partial charge in [-0.15, -0.1) is 0 Å². The zero-order valence-corrected chi connectivity index (χ0v) is 15.1. The van der Waals surface area contributed by atoms with Crippen molar-refractivity contribution in [2.45, 2.75) is 12.6 Å². The van der Waals surface area contributed by atoms with E-state index in [1.54, 1.807) is 30.6 Å². The van der Waals surface area contributed by atoms with Gasteiger partial charge in [-0.1, -0.05) is 11.6 Å². The molecule has 1 aromatic carbocycles. The number of nitriles is 1. The van der Waals surface area contributed by atoms with Crippen LogP contribution in [0.1, 0.15) is 33.5 Å². The van der Waals surface area contributed by atoms with E-state index in [0.29, 0.717) is 35.0 Å². The topological polar surface area (TPSA) is 135 Å². The Hall–Kier alpha value is -3.77. The molecule has 4 rings (SSSR count). The molecule has 1 aliphatic heterocycles. The van der Waals surface area contributed by atoms with Gasteiger partial charge in [0, 0.05) is 18.1 Å². The maximum Gasteiger partial charge on any atom is 0.275 e. The predicted octanol–water partition coefficient (Wildman–Crippen LogP) is 1.91. The number of benzene rings is 1. The highest BCUT2D eigenvalue weighted by Crippen LogP contribution is 2.29. The van der Waals surface area contributed by atoms with Crippen LogP contribution in [0.2, 0.25) is 5.15 Å². The lowest BCUT2D eigenvalue weighted by molar-refractivity contribution is 0.102. The van der Waals surface area contributed by atoms with Crippen molar-refractivity contribution in [3.8, 4) is 6.07 Å². The quantitative estimate of drug-likeness (QED) is 0.698. The highest BCUT2D eigenvalue weighted by atomic mass is 35.5. The molecule has 0 saturated heterocycles. The molecule has 0 bridgehead atoms. The third-order valence-corrected chi connectivity index (χ3v) is 4.45. The molecule has 0 radical (unpaired) electrons. The SMILES string of the molecule is N#Cc1ccc(NC(=O)c2cnc(Cl)cn2)cc1C1Cn2ccnc2C(N)=N1. The fourth-order valence-corrected chi connectivity index (χ4v) is 3.05. The number of amides is 1. The van der Waals surface area contributed by atoms with Crippen LogP contribution in [0.25, 0.3) is 0 Å². The molecule has 10 heteroatoms. The number of hydrogen-bond acceptors (Lipinski definition) is 7. The number of rotatable bonds is 3. The summed E-state index contributed by atoms with van der Waals surface area (Å²) in [4.78, 5) is 28.8. The number of nitrogens with zero attached hydrogens (tertiary/aromatic N) is 6. The van der Waals surface area contributed by atoms with Crippen molar-refractivity contribution in [2.24, 2.45) is 10.7 Å².